The van der Waals surface area contributed by atoms with E-state index in [0.29, 0.717) is 19.4 Å². The Kier molecular flexibility index (Phi) is 7.75. The molecule has 0 aliphatic heterocycles. The third kappa shape index (κ3) is 6.75. The van der Waals surface area contributed by atoms with Crippen molar-refractivity contribution >= 4 is 18.0 Å². The molecule has 16 heavy (non-hydrogen) atoms. The van der Waals surface area contributed by atoms with E-state index in [0.717, 1.165) is 6.21 Å². The molecule has 5 heteroatoms. The van der Waals surface area contributed by atoms with E-state index in [-0.39, 0.29) is 18.0 Å². The Morgan fingerprint density at radius 1 is 1.44 bits per heavy atom. The molecule has 0 saturated heterocycles. The molecule has 0 fully saturated rings. The van der Waals surface area contributed by atoms with Crippen LogP contribution in [0.2, 0.25) is 0 Å². The van der Waals surface area contributed by atoms with E-state index in [1.807, 2.05) is 0 Å². The van der Waals surface area contributed by atoms with Gasteiger partial charge in [0.2, 0.25) is 0 Å². The highest BCUT2D eigenvalue weighted by Crippen LogP contribution is 1.94. The van der Waals surface area contributed by atoms with Gasteiger partial charge < -0.3 is 20.3 Å². The van der Waals surface area contributed by atoms with Gasteiger partial charge in [-0.15, -0.1) is 0 Å². The molecule has 0 rings (SSSR count). The second-order valence-electron chi connectivity index (χ2n) is 3.22. The van der Waals surface area contributed by atoms with Crippen molar-refractivity contribution in [3.63, 3.8) is 0 Å². The maximum Gasteiger partial charge on any atom is 0.341 e. The van der Waals surface area contributed by atoms with Crippen LogP contribution in [0.1, 0.15) is 26.7 Å². The molecule has 0 aliphatic carbocycles. The molecule has 0 amide bonds. The Hall–Kier alpha value is -1.65. The maximum absolute atomic E-state index is 11.2. The third-order valence-corrected chi connectivity index (χ3v) is 1.77. The first-order valence-corrected chi connectivity index (χ1v) is 5.22. The Morgan fingerprint density at radius 3 is 2.62 bits per heavy atom. The van der Waals surface area contributed by atoms with Crippen LogP contribution in [0.5, 0.6) is 0 Å². The molecular weight excluding hydrogens is 208 g/mol. The average Bonchev–Trinajstić information content (AvgIpc) is 2.23. The van der Waals surface area contributed by atoms with Crippen LogP contribution in [0.4, 0.5) is 0 Å². The van der Waals surface area contributed by atoms with Gasteiger partial charge in [-0.3, -0.25) is 0 Å². The first-order valence-electron chi connectivity index (χ1n) is 5.22. The molecule has 0 aliphatic rings. The van der Waals surface area contributed by atoms with Crippen LogP contribution < -0.4 is 5.32 Å². The fraction of sp³-hybridized carbons (Fsp3) is 0.545. The number of hydrogen-bond donors (Lipinski definition) is 2. The summed E-state index contributed by atoms with van der Waals surface area (Å²) in [7, 11) is 0. The number of nitrogens with one attached hydrogen (secondary N) is 2. The number of ketones is 1. The molecule has 0 unspecified atom stereocenters. The molecule has 0 bridgehead atoms. The zero-order valence-corrected chi connectivity index (χ0v) is 9.71. The standard InChI is InChI=1S/C11H18N2O3/c1-3-16-11(15)10(7-12)8-13-6-4-5-9(2)14/h7-8,12-13H,3-6H2,1-2H3/b10-8+,12-7?. The van der Waals surface area contributed by atoms with Crippen molar-refractivity contribution in [1.29, 1.82) is 5.41 Å². The second kappa shape index (κ2) is 8.64. The summed E-state index contributed by atoms with van der Waals surface area (Å²) in [6, 6.07) is 0. The normalized spacial score (nSPS) is 10.8. The van der Waals surface area contributed by atoms with Crippen molar-refractivity contribution in [3.05, 3.63) is 11.8 Å². The summed E-state index contributed by atoms with van der Waals surface area (Å²) in [6.45, 7) is 4.13. The minimum atomic E-state index is -0.517. The Morgan fingerprint density at radius 2 is 2.12 bits per heavy atom. The quantitative estimate of drug-likeness (QED) is 0.280. The molecule has 0 aromatic rings. The summed E-state index contributed by atoms with van der Waals surface area (Å²) in [5.41, 5.74) is 0.171. The van der Waals surface area contributed by atoms with Gasteiger partial charge in [0.25, 0.3) is 0 Å². The predicted molar refractivity (Wildman–Crippen MR) is 61.4 cm³/mol. The summed E-state index contributed by atoms with van der Waals surface area (Å²) in [5, 5.41) is 9.89. The van der Waals surface area contributed by atoms with Gasteiger partial charge in [0.1, 0.15) is 5.78 Å². The van der Waals surface area contributed by atoms with Crippen LogP contribution in [-0.4, -0.2) is 31.1 Å². The summed E-state index contributed by atoms with van der Waals surface area (Å²) in [6.07, 6.45) is 3.60. The lowest BCUT2D eigenvalue weighted by Crippen LogP contribution is -2.15. The molecule has 0 aromatic heterocycles. The van der Waals surface area contributed by atoms with Gasteiger partial charge in [0, 0.05) is 25.4 Å². The van der Waals surface area contributed by atoms with Crippen LogP contribution >= 0.6 is 0 Å². The molecular formula is C11H18N2O3. The fourth-order valence-corrected chi connectivity index (χ4v) is 0.995. The van der Waals surface area contributed by atoms with Crippen molar-refractivity contribution in [2.45, 2.75) is 26.7 Å². The summed E-state index contributed by atoms with van der Waals surface area (Å²) in [5.74, 6) is -0.375. The van der Waals surface area contributed by atoms with Crippen molar-refractivity contribution in [3.8, 4) is 0 Å². The monoisotopic (exact) mass is 226 g/mol. The SMILES string of the molecule is CCOC(=O)/C(C=N)=C/NCCCC(C)=O. The number of hydrogen-bond acceptors (Lipinski definition) is 5. The van der Waals surface area contributed by atoms with Crippen LogP contribution in [-0.2, 0) is 14.3 Å². The smallest absolute Gasteiger partial charge is 0.341 e. The van der Waals surface area contributed by atoms with Crippen molar-refractivity contribution in [2.24, 2.45) is 0 Å². The van der Waals surface area contributed by atoms with E-state index in [2.05, 4.69) is 5.32 Å². The van der Waals surface area contributed by atoms with Crippen LogP contribution in [0.15, 0.2) is 11.8 Å². The largest absolute Gasteiger partial charge is 0.462 e. The average molecular weight is 226 g/mol. The predicted octanol–water partition coefficient (Wildman–Crippen LogP) is 1.04. The molecule has 5 nitrogen and oxygen atoms in total. The molecule has 0 aromatic carbocycles. The molecule has 0 spiro atoms. The minimum absolute atomic E-state index is 0.142. The molecule has 0 radical (unpaired) electrons. The Bertz CT molecular complexity index is 285. The first kappa shape index (κ1) is 14.3. The lowest BCUT2D eigenvalue weighted by molar-refractivity contribution is -0.137. The summed E-state index contributed by atoms with van der Waals surface area (Å²) < 4.78 is 4.74. The van der Waals surface area contributed by atoms with Gasteiger partial charge in [0.05, 0.1) is 12.2 Å². The Balaban J connectivity index is 3.93. The van der Waals surface area contributed by atoms with Gasteiger partial charge in [-0.2, -0.15) is 0 Å². The third-order valence-electron chi connectivity index (χ3n) is 1.77. The van der Waals surface area contributed by atoms with Gasteiger partial charge in [0.15, 0.2) is 0 Å². The zero-order chi connectivity index (χ0) is 12.4. The number of carbonyl (C=O) groups is 2. The van der Waals surface area contributed by atoms with Crippen molar-refractivity contribution < 1.29 is 14.3 Å². The van der Waals surface area contributed by atoms with E-state index in [1.54, 1.807) is 6.92 Å². The highest BCUT2D eigenvalue weighted by atomic mass is 16.5. The lowest BCUT2D eigenvalue weighted by atomic mass is 10.2. The second-order valence-corrected chi connectivity index (χ2v) is 3.22. The van der Waals surface area contributed by atoms with E-state index >= 15 is 0 Å². The van der Waals surface area contributed by atoms with E-state index in [4.69, 9.17) is 10.1 Å². The van der Waals surface area contributed by atoms with Gasteiger partial charge in [-0.1, -0.05) is 0 Å². The van der Waals surface area contributed by atoms with Crippen LogP contribution in [0.3, 0.4) is 0 Å². The topological polar surface area (TPSA) is 79.2 Å². The molecule has 0 atom stereocenters. The van der Waals surface area contributed by atoms with Gasteiger partial charge in [-0.25, -0.2) is 4.79 Å². The fourth-order valence-electron chi connectivity index (χ4n) is 0.995. The Labute approximate surface area is 95.4 Å². The van der Waals surface area contributed by atoms with Crippen LogP contribution in [0, 0.1) is 5.41 Å². The maximum atomic E-state index is 11.2. The highest BCUT2D eigenvalue weighted by molar-refractivity contribution is 6.08. The molecule has 0 heterocycles. The number of esters is 1. The van der Waals surface area contributed by atoms with Crippen LogP contribution in [0.25, 0.3) is 0 Å². The lowest BCUT2D eigenvalue weighted by Gasteiger charge is -2.03. The van der Waals surface area contributed by atoms with Gasteiger partial charge in [-0.05, 0) is 20.3 Å². The first-order chi connectivity index (χ1) is 7.61. The van der Waals surface area contributed by atoms with E-state index < -0.39 is 5.97 Å². The highest BCUT2D eigenvalue weighted by Gasteiger charge is 2.06. The number of rotatable bonds is 8. The summed E-state index contributed by atoms with van der Waals surface area (Å²) in [4.78, 5) is 21.8. The summed E-state index contributed by atoms with van der Waals surface area (Å²) >= 11 is 0. The minimum Gasteiger partial charge on any atom is -0.462 e. The van der Waals surface area contributed by atoms with E-state index in [1.165, 1.54) is 13.1 Å². The number of ether oxygens (including phenoxy) is 1. The molecule has 0 saturated carbocycles. The number of carbonyl (C=O) groups excluding carboxylic acids is 2. The molecule has 2 N–H and O–H groups in total. The van der Waals surface area contributed by atoms with Crippen molar-refractivity contribution in [2.75, 3.05) is 13.2 Å². The number of Topliss-reactive ketones (excluding diaryl/α,β-unsaturated/α-hetero) is 1. The van der Waals surface area contributed by atoms with E-state index in [9.17, 15) is 9.59 Å². The zero-order valence-electron chi connectivity index (χ0n) is 9.71. The van der Waals surface area contributed by atoms with Crippen molar-refractivity contribution in [1.82, 2.24) is 5.32 Å². The molecule has 90 valence electrons. The van der Waals surface area contributed by atoms with Gasteiger partial charge >= 0.3 is 5.97 Å².